The fourth-order valence-electron chi connectivity index (χ4n) is 5.58. The highest BCUT2D eigenvalue weighted by molar-refractivity contribution is 6.30. The van der Waals surface area contributed by atoms with E-state index >= 15 is 0 Å². The molecular weight excluding hydrogens is 504 g/mol. The summed E-state index contributed by atoms with van der Waals surface area (Å²) in [5.74, 6) is 6.36. The molecule has 192 valence electrons. The van der Waals surface area contributed by atoms with Crippen LogP contribution in [0.1, 0.15) is 29.4 Å². The van der Waals surface area contributed by atoms with E-state index in [1.165, 1.54) is 7.05 Å². The lowest BCUT2D eigenvalue weighted by molar-refractivity contribution is -0.132. The number of aliphatic hydroxyl groups excluding tert-OH is 2. The topological polar surface area (TPSA) is 125 Å². The van der Waals surface area contributed by atoms with Gasteiger partial charge in [-0.2, -0.15) is 0 Å². The van der Waals surface area contributed by atoms with Crippen LogP contribution in [-0.4, -0.2) is 54.9 Å². The molecule has 10 heteroatoms. The van der Waals surface area contributed by atoms with Crippen molar-refractivity contribution in [2.45, 2.75) is 31.2 Å². The molecular formula is C28H25ClN6O3. The average molecular weight is 529 g/mol. The van der Waals surface area contributed by atoms with Gasteiger partial charge in [0.2, 0.25) is 11.7 Å². The number of halogens is 1. The van der Waals surface area contributed by atoms with Crippen molar-refractivity contribution in [1.82, 2.24) is 24.8 Å². The van der Waals surface area contributed by atoms with Gasteiger partial charge in [0.1, 0.15) is 6.10 Å². The number of nitrogens with one attached hydrogen (secondary N) is 2. The van der Waals surface area contributed by atoms with E-state index in [1.807, 2.05) is 54.6 Å². The van der Waals surface area contributed by atoms with Crippen molar-refractivity contribution in [1.29, 1.82) is 0 Å². The number of carbonyl (C=O) groups excluding carboxylic acids is 1. The van der Waals surface area contributed by atoms with E-state index in [0.29, 0.717) is 35.0 Å². The number of imidazole rings is 1. The predicted octanol–water partition coefficient (Wildman–Crippen LogP) is 2.52. The van der Waals surface area contributed by atoms with Crippen LogP contribution in [0.15, 0.2) is 60.9 Å². The van der Waals surface area contributed by atoms with E-state index in [4.69, 9.17) is 11.6 Å². The Labute approximate surface area is 223 Å². The number of hydrogen-bond acceptors (Lipinski definition) is 7. The van der Waals surface area contributed by atoms with E-state index in [-0.39, 0.29) is 17.6 Å². The van der Waals surface area contributed by atoms with Gasteiger partial charge < -0.3 is 25.4 Å². The third kappa shape index (κ3) is 3.98. The number of anilines is 1. The van der Waals surface area contributed by atoms with Crippen LogP contribution in [0, 0.1) is 23.2 Å². The van der Waals surface area contributed by atoms with Crippen molar-refractivity contribution in [3.05, 3.63) is 82.9 Å². The van der Waals surface area contributed by atoms with Gasteiger partial charge in [-0.25, -0.2) is 15.0 Å². The van der Waals surface area contributed by atoms with Gasteiger partial charge in [0.05, 0.1) is 23.9 Å². The molecule has 0 saturated heterocycles. The molecule has 5 atom stereocenters. The second kappa shape index (κ2) is 9.40. The monoisotopic (exact) mass is 528 g/mol. The molecule has 4 N–H and O–H groups in total. The lowest BCUT2D eigenvalue weighted by Crippen LogP contribution is -2.41. The summed E-state index contributed by atoms with van der Waals surface area (Å²) in [5.41, 5.74) is 1.73. The van der Waals surface area contributed by atoms with Crippen LogP contribution in [0.4, 0.5) is 5.82 Å². The van der Waals surface area contributed by atoms with E-state index in [0.717, 1.165) is 11.1 Å². The number of amides is 1. The fraction of sp³-hybridized carbons (Fsp3) is 0.286. The van der Waals surface area contributed by atoms with Gasteiger partial charge >= 0.3 is 0 Å². The predicted molar refractivity (Wildman–Crippen MR) is 142 cm³/mol. The molecule has 38 heavy (non-hydrogen) atoms. The highest BCUT2D eigenvalue weighted by atomic mass is 35.5. The normalized spacial score (nSPS) is 25.4. The van der Waals surface area contributed by atoms with Gasteiger partial charge in [0, 0.05) is 30.1 Å². The fourth-order valence-corrected chi connectivity index (χ4v) is 5.80. The number of fused-ring (bicyclic) bond motifs is 2. The van der Waals surface area contributed by atoms with E-state index in [2.05, 4.69) is 37.4 Å². The summed E-state index contributed by atoms with van der Waals surface area (Å²) < 4.78 is 1.74. The molecule has 1 amide bonds. The Balaban J connectivity index is 1.41. The number of benzene rings is 2. The maximum absolute atomic E-state index is 12.6. The summed E-state index contributed by atoms with van der Waals surface area (Å²) in [6.07, 6.45) is -0.285. The molecule has 9 nitrogen and oxygen atoms in total. The van der Waals surface area contributed by atoms with Crippen molar-refractivity contribution in [2.24, 2.45) is 11.3 Å². The van der Waals surface area contributed by atoms with Crippen molar-refractivity contribution in [2.75, 3.05) is 12.4 Å². The minimum atomic E-state index is -1.19. The zero-order valence-corrected chi connectivity index (χ0v) is 21.2. The lowest BCUT2D eigenvalue weighted by Gasteiger charge is -2.23. The number of rotatable bonds is 5. The van der Waals surface area contributed by atoms with Crippen molar-refractivity contribution < 1.29 is 15.0 Å². The largest absolute Gasteiger partial charge is 0.389 e. The molecule has 2 saturated carbocycles. The van der Waals surface area contributed by atoms with Crippen molar-refractivity contribution in [3.63, 3.8) is 0 Å². The Morgan fingerprint density at radius 2 is 1.97 bits per heavy atom. The molecule has 0 aliphatic heterocycles. The van der Waals surface area contributed by atoms with Crippen LogP contribution >= 0.6 is 11.6 Å². The molecule has 0 radical (unpaired) electrons. The van der Waals surface area contributed by atoms with Crippen LogP contribution in [-0.2, 0) is 11.3 Å². The first-order chi connectivity index (χ1) is 18.4. The van der Waals surface area contributed by atoms with Gasteiger partial charge in [-0.15, -0.1) is 0 Å². The molecule has 0 bridgehead atoms. The SMILES string of the molecule is CNC(=O)[C@]12C[C@@H]1[C@@H](n1cnc3c(NCc4cccc(Cl)c4)nc(C#Cc4ccccc4)nc31)[C@H](O)[C@@H]2O. The summed E-state index contributed by atoms with van der Waals surface area (Å²) in [5, 5.41) is 28.4. The molecule has 6 rings (SSSR count). The Morgan fingerprint density at radius 3 is 2.74 bits per heavy atom. The van der Waals surface area contributed by atoms with Crippen molar-refractivity contribution >= 4 is 34.5 Å². The van der Waals surface area contributed by atoms with Crippen LogP contribution in [0.25, 0.3) is 11.2 Å². The standard InChI is InChI=1S/C28H25ClN6O3/c1-30-27(38)28-13-19(28)22(23(36)24(28)37)35-15-32-21-25(31-14-17-8-5-9-18(29)12-17)33-20(34-26(21)35)11-10-16-6-3-2-4-7-16/h2-9,12,15,19,22-24,36-37H,13-14H2,1H3,(H,30,38)(H,31,33,34)/t19-,22-,23+,24+,28-/m1/s1. The van der Waals surface area contributed by atoms with Gasteiger partial charge in [-0.3, -0.25) is 4.79 Å². The van der Waals surface area contributed by atoms with Gasteiger partial charge in [-0.05, 0) is 42.2 Å². The van der Waals surface area contributed by atoms with Gasteiger partial charge in [-0.1, -0.05) is 47.9 Å². The first-order valence-electron chi connectivity index (χ1n) is 12.3. The molecule has 0 spiro atoms. The quantitative estimate of drug-likeness (QED) is 0.293. The highest BCUT2D eigenvalue weighted by Gasteiger charge is 2.75. The first kappa shape index (κ1) is 24.4. The number of aliphatic hydroxyl groups is 2. The molecule has 2 heterocycles. The number of aromatic nitrogens is 4. The van der Waals surface area contributed by atoms with Crippen LogP contribution in [0.5, 0.6) is 0 Å². The summed E-state index contributed by atoms with van der Waals surface area (Å²) in [6, 6.07) is 16.5. The average Bonchev–Trinajstić information content (AvgIpc) is 3.47. The third-order valence-electron chi connectivity index (χ3n) is 7.51. The number of nitrogens with zero attached hydrogens (tertiary/aromatic N) is 4. The molecule has 2 fully saturated rings. The van der Waals surface area contributed by atoms with Gasteiger partial charge in [0.25, 0.3) is 0 Å². The van der Waals surface area contributed by atoms with Crippen LogP contribution in [0.2, 0.25) is 5.02 Å². The lowest BCUT2D eigenvalue weighted by atomic mass is 9.98. The van der Waals surface area contributed by atoms with Crippen LogP contribution in [0.3, 0.4) is 0 Å². The Hall–Kier alpha value is -3.97. The second-order valence-corrected chi connectivity index (χ2v) is 10.1. The van der Waals surface area contributed by atoms with E-state index in [9.17, 15) is 15.0 Å². The molecule has 2 aromatic heterocycles. The molecule has 2 aromatic carbocycles. The maximum Gasteiger partial charge on any atom is 0.229 e. The molecule has 2 aliphatic rings. The molecule has 4 aromatic rings. The zero-order valence-electron chi connectivity index (χ0n) is 20.5. The Morgan fingerprint density at radius 1 is 1.16 bits per heavy atom. The second-order valence-electron chi connectivity index (χ2n) is 9.68. The summed E-state index contributed by atoms with van der Waals surface area (Å²) >= 11 is 6.15. The number of hydrogen-bond donors (Lipinski definition) is 4. The summed E-state index contributed by atoms with van der Waals surface area (Å²) in [6.45, 7) is 0.443. The van der Waals surface area contributed by atoms with E-state index in [1.54, 1.807) is 10.9 Å². The Bertz CT molecular complexity index is 1600. The first-order valence-corrected chi connectivity index (χ1v) is 12.7. The van der Waals surface area contributed by atoms with Crippen molar-refractivity contribution in [3.8, 4) is 11.8 Å². The maximum atomic E-state index is 12.6. The zero-order chi connectivity index (χ0) is 26.4. The Kier molecular flexibility index (Phi) is 6.03. The highest BCUT2D eigenvalue weighted by Crippen LogP contribution is 2.67. The third-order valence-corrected chi connectivity index (χ3v) is 7.74. The van der Waals surface area contributed by atoms with E-state index < -0.39 is 23.7 Å². The molecule has 0 unspecified atom stereocenters. The van der Waals surface area contributed by atoms with Crippen LogP contribution < -0.4 is 10.6 Å². The molecule has 2 aliphatic carbocycles. The smallest absolute Gasteiger partial charge is 0.229 e. The van der Waals surface area contributed by atoms with Gasteiger partial charge in [0.15, 0.2) is 17.0 Å². The minimum absolute atomic E-state index is 0.249. The summed E-state index contributed by atoms with van der Waals surface area (Å²) in [4.78, 5) is 26.5. The minimum Gasteiger partial charge on any atom is -0.389 e. The number of carbonyl (C=O) groups is 1. The summed E-state index contributed by atoms with van der Waals surface area (Å²) in [7, 11) is 1.54.